The fourth-order valence-electron chi connectivity index (χ4n) is 3.58. The monoisotopic (exact) mass is 385 g/mol. The lowest BCUT2D eigenvalue weighted by Gasteiger charge is -2.18. The number of methoxy groups -OCH3 is 2. The third-order valence-corrected chi connectivity index (χ3v) is 5.99. The summed E-state index contributed by atoms with van der Waals surface area (Å²) in [5.74, 6) is 1.97. The van der Waals surface area contributed by atoms with Crippen LogP contribution < -0.4 is 15.0 Å². The molecule has 0 radical (unpaired) electrons. The number of benzene rings is 1. The van der Waals surface area contributed by atoms with Gasteiger partial charge in [0.05, 0.1) is 25.1 Å². The molecule has 0 amide bonds. The number of rotatable bonds is 4. The van der Waals surface area contributed by atoms with E-state index in [2.05, 4.69) is 24.0 Å². The number of thiophene rings is 1. The first kappa shape index (κ1) is 18.0. The molecule has 1 aromatic carbocycles. The molecule has 0 aliphatic carbocycles. The van der Waals surface area contributed by atoms with Crippen molar-refractivity contribution in [3.63, 3.8) is 0 Å². The second-order valence-electron chi connectivity index (χ2n) is 6.75. The summed E-state index contributed by atoms with van der Waals surface area (Å²) in [6, 6.07) is 7.86. The fraction of sp³-hybridized carbons (Fsp3) is 0.400. The van der Waals surface area contributed by atoms with E-state index in [1.54, 1.807) is 26.4 Å². The molecule has 0 N–H and O–H groups in total. The summed E-state index contributed by atoms with van der Waals surface area (Å²) in [6.45, 7) is 5.43. The number of nitrogens with zero attached hydrogens (tertiary/aromatic N) is 3. The summed E-state index contributed by atoms with van der Waals surface area (Å²) >= 11 is 1.83. The molecule has 3 aromatic rings. The molecule has 1 aliphatic rings. The van der Waals surface area contributed by atoms with Gasteiger partial charge in [0, 0.05) is 48.4 Å². The normalized spacial score (nSPS) is 14.8. The van der Waals surface area contributed by atoms with Crippen molar-refractivity contribution in [1.29, 1.82) is 0 Å². The molecule has 7 heteroatoms. The van der Waals surface area contributed by atoms with Crippen LogP contribution in [0.4, 0.5) is 0 Å². The Morgan fingerprint density at radius 3 is 2.59 bits per heavy atom. The number of hydrogen-bond acceptors (Lipinski definition) is 6. The van der Waals surface area contributed by atoms with Crippen molar-refractivity contribution in [2.24, 2.45) is 0 Å². The molecule has 0 fully saturated rings. The molecular weight excluding hydrogens is 362 g/mol. The highest BCUT2D eigenvalue weighted by atomic mass is 32.1. The summed E-state index contributed by atoms with van der Waals surface area (Å²) in [7, 11) is 3.16. The minimum atomic E-state index is -0.00947. The molecular formula is C20H23N3O3S. The summed E-state index contributed by atoms with van der Waals surface area (Å²) in [4.78, 5) is 22.9. The van der Waals surface area contributed by atoms with Gasteiger partial charge in [0.1, 0.15) is 5.82 Å². The predicted octanol–water partition coefficient (Wildman–Crippen LogP) is 2.84. The average Bonchev–Trinajstić information content (AvgIpc) is 2.97. The van der Waals surface area contributed by atoms with E-state index in [4.69, 9.17) is 14.5 Å². The summed E-state index contributed by atoms with van der Waals surface area (Å²) < 4.78 is 12.5. The zero-order valence-corrected chi connectivity index (χ0v) is 16.6. The van der Waals surface area contributed by atoms with E-state index < -0.39 is 0 Å². The second-order valence-corrected chi connectivity index (χ2v) is 8.12. The molecule has 27 heavy (non-hydrogen) atoms. The lowest BCUT2D eigenvalue weighted by molar-refractivity contribution is 0.273. The van der Waals surface area contributed by atoms with Crippen LogP contribution in [0.2, 0.25) is 0 Å². The maximum absolute atomic E-state index is 13.1. The van der Waals surface area contributed by atoms with Crippen molar-refractivity contribution in [2.45, 2.75) is 26.4 Å². The molecule has 0 saturated heterocycles. The molecule has 0 atom stereocenters. The Morgan fingerprint density at radius 2 is 1.89 bits per heavy atom. The molecule has 0 bridgehead atoms. The van der Waals surface area contributed by atoms with E-state index in [1.165, 1.54) is 9.75 Å². The summed E-state index contributed by atoms with van der Waals surface area (Å²) in [5.41, 5.74) is 0.649. The number of aryl methyl sites for hydroxylation is 1. The van der Waals surface area contributed by atoms with Crippen molar-refractivity contribution in [3.05, 3.63) is 50.2 Å². The first-order valence-electron chi connectivity index (χ1n) is 9.02. The van der Waals surface area contributed by atoms with Gasteiger partial charge in [-0.05, 0) is 25.1 Å². The lowest BCUT2D eigenvalue weighted by Crippen LogP contribution is -2.28. The van der Waals surface area contributed by atoms with Gasteiger partial charge in [-0.15, -0.1) is 11.3 Å². The molecule has 0 spiro atoms. The Labute approximate surface area is 162 Å². The zero-order valence-electron chi connectivity index (χ0n) is 15.8. The van der Waals surface area contributed by atoms with E-state index >= 15 is 0 Å². The Kier molecular flexibility index (Phi) is 4.88. The van der Waals surface area contributed by atoms with Gasteiger partial charge < -0.3 is 9.47 Å². The van der Waals surface area contributed by atoms with Crippen molar-refractivity contribution >= 4 is 22.2 Å². The van der Waals surface area contributed by atoms with Crippen molar-refractivity contribution < 1.29 is 9.47 Å². The van der Waals surface area contributed by atoms with Crippen LogP contribution in [0.1, 0.15) is 15.6 Å². The SMILES string of the molecule is COc1cc2nc3n(c(=O)c2cc1OC)CCN(Cc1ccc(C)s1)CC3. The Morgan fingerprint density at radius 1 is 1.11 bits per heavy atom. The highest BCUT2D eigenvalue weighted by Gasteiger charge is 2.19. The summed E-state index contributed by atoms with van der Waals surface area (Å²) in [6.07, 6.45) is 0.754. The van der Waals surface area contributed by atoms with Crippen LogP contribution in [0.15, 0.2) is 29.1 Å². The second kappa shape index (κ2) is 7.32. The molecule has 6 nitrogen and oxygen atoms in total. The zero-order chi connectivity index (χ0) is 19.0. The quantitative estimate of drug-likeness (QED) is 0.691. The summed E-state index contributed by atoms with van der Waals surface area (Å²) in [5, 5.41) is 0.568. The maximum atomic E-state index is 13.1. The minimum Gasteiger partial charge on any atom is -0.493 e. The molecule has 1 aliphatic heterocycles. The van der Waals surface area contributed by atoms with Crippen LogP contribution in [0.3, 0.4) is 0 Å². The molecule has 2 aromatic heterocycles. The first-order valence-corrected chi connectivity index (χ1v) is 9.84. The van der Waals surface area contributed by atoms with Crippen molar-refractivity contribution in [3.8, 4) is 11.5 Å². The Balaban J connectivity index is 1.67. The van der Waals surface area contributed by atoms with Gasteiger partial charge >= 0.3 is 0 Å². The van der Waals surface area contributed by atoms with E-state index in [1.807, 2.05) is 15.9 Å². The van der Waals surface area contributed by atoms with Gasteiger partial charge in [0.25, 0.3) is 5.56 Å². The van der Waals surface area contributed by atoms with Crippen LogP contribution in [0, 0.1) is 6.92 Å². The predicted molar refractivity (Wildman–Crippen MR) is 107 cm³/mol. The molecule has 4 rings (SSSR count). The van der Waals surface area contributed by atoms with Gasteiger partial charge in [-0.2, -0.15) is 0 Å². The van der Waals surface area contributed by atoms with Crippen molar-refractivity contribution in [1.82, 2.24) is 14.5 Å². The van der Waals surface area contributed by atoms with Crippen LogP contribution >= 0.6 is 11.3 Å². The van der Waals surface area contributed by atoms with Gasteiger partial charge in [0.15, 0.2) is 11.5 Å². The van der Waals surface area contributed by atoms with Crippen LogP contribution in [-0.4, -0.2) is 41.8 Å². The van der Waals surface area contributed by atoms with Gasteiger partial charge in [-0.1, -0.05) is 0 Å². The van der Waals surface area contributed by atoms with Gasteiger partial charge in [0.2, 0.25) is 0 Å². The van der Waals surface area contributed by atoms with Gasteiger partial charge in [-0.3, -0.25) is 14.3 Å². The number of ether oxygens (including phenoxy) is 2. The van der Waals surface area contributed by atoms with E-state index in [9.17, 15) is 4.79 Å². The van der Waals surface area contributed by atoms with Crippen LogP contribution in [0.25, 0.3) is 10.9 Å². The minimum absolute atomic E-state index is 0.00947. The highest BCUT2D eigenvalue weighted by Crippen LogP contribution is 2.30. The highest BCUT2D eigenvalue weighted by molar-refractivity contribution is 7.11. The Bertz CT molecular complexity index is 1040. The smallest absolute Gasteiger partial charge is 0.261 e. The number of hydrogen-bond donors (Lipinski definition) is 0. The van der Waals surface area contributed by atoms with E-state index in [0.717, 1.165) is 31.9 Å². The van der Waals surface area contributed by atoms with Crippen molar-refractivity contribution in [2.75, 3.05) is 27.3 Å². The fourth-order valence-corrected chi connectivity index (χ4v) is 4.51. The number of aromatic nitrogens is 2. The standard InChI is InChI=1S/C20H23N3O3S/c1-13-4-5-14(27-13)12-22-7-6-19-21-16-11-18(26-3)17(25-2)10-15(16)20(24)23(19)9-8-22/h4-5,10-11H,6-9,12H2,1-3H3. The third kappa shape index (κ3) is 3.44. The largest absolute Gasteiger partial charge is 0.493 e. The van der Waals surface area contributed by atoms with E-state index in [0.29, 0.717) is 28.9 Å². The first-order chi connectivity index (χ1) is 13.1. The number of fused-ring (bicyclic) bond motifs is 2. The molecule has 0 saturated carbocycles. The van der Waals surface area contributed by atoms with E-state index in [-0.39, 0.29) is 5.56 Å². The average molecular weight is 385 g/mol. The third-order valence-electron chi connectivity index (χ3n) is 5.01. The van der Waals surface area contributed by atoms with Gasteiger partial charge in [-0.25, -0.2) is 4.98 Å². The molecule has 142 valence electrons. The lowest BCUT2D eigenvalue weighted by atomic mass is 10.2. The van der Waals surface area contributed by atoms with Crippen LogP contribution in [0.5, 0.6) is 11.5 Å². The van der Waals surface area contributed by atoms with Crippen LogP contribution in [-0.2, 0) is 19.5 Å². The topological polar surface area (TPSA) is 56.6 Å². The molecule has 0 unspecified atom stereocenters. The molecule has 3 heterocycles. The Hall–Kier alpha value is -2.38. The maximum Gasteiger partial charge on any atom is 0.261 e.